The number of rotatable bonds is 2. The van der Waals surface area contributed by atoms with E-state index in [-0.39, 0.29) is 5.02 Å². The fourth-order valence-corrected chi connectivity index (χ4v) is 2.42. The van der Waals surface area contributed by atoms with Gasteiger partial charge in [0.15, 0.2) is 0 Å². The monoisotopic (exact) mass is 302 g/mol. The lowest BCUT2D eigenvalue weighted by atomic mass is 10.0. The van der Waals surface area contributed by atoms with Crippen molar-refractivity contribution in [3.63, 3.8) is 0 Å². The van der Waals surface area contributed by atoms with Gasteiger partial charge in [-0.15, -0.1) is 0 Å². The highest BCUT2D eigenvalue weighted by molar-refractivity contribution is 6.33. The molecule has 0 bridgehead atoms. The number of halogens is 2. The van der Waals surface area contributed by atoms with Gasteiger partial charge in [0.1, 0.15) is 17.3 Å². The molecule has 106 valence electrons. The first-order chi connectivity index (χ1) is 10.1. The lowest BCUT2D eigenvalue weighted by Gasteiger charge is -2.06. The predicted molar refractivity (Wildman–Crippen MR) is 81.3 cm³/mol. The van der Waals surface area contributed by atoms with Crippen LogP contribution < -0.4 is 5.73 Å². The Balaban J connectivity index is 2.30. The number of nitrogens with zero attached hydrogens (tertiary/aromatic N) is 3. The van der Waals surface area contributed by atoms with E-state index >= 15 is 0 Å². The van der Waals surface area contributed by atoms with Gasteiger partial charge < -0.3 is 5.73 Å². The lowest BCUT2D eigenvalue weighted by Crippen LogP contribution is -1.98. The number of benzene rings is 1. The zero-order valence-corrected chi connectivity index (χ0v) is 12.0. The van der Waals surface area contributed by atoms with Crippen LogP contribution in [0.3, 0.4) is 0 Å². The van der Waals surface area contributed by atoms with Crippen molar-refractivity contribution in [2.24, 2.45) is 7.05 Å². The molecular formula is C15H12ClFN4. The lowest BCUT2D eigenvalue weighted by molar-refractivity contribution is 0.628. The first kappa shape index (κ1) is 13.6. The normalized spacial score (nSPS) is 10.8. The number of anilines is 1. The van der Waals surface area contributed by atoms with Crippen molar-refractivity contribution in [1.29, 1.82) is 0 Å². The molecule has 0 saturated carbocycles. The number of hydrogen-bond donors (Lipinski definition) is 1. The maximum atomic E-state index is 13.7. The molecule has 0 aliphatic carbocycles. The van der Waals surface area contributed by atoms with Crippen LogP contribution in [0.15, 0.2) is 42.7 Å². The molecule has 3 aromatic rings. The average molecular weight is 303 g/mol. The molecule has 0 radical (unpaired) electrons. The summed E-state index contributed by atoms with van der Waals surface area (Å²) in [7, 11) is 1.73. The fourth-order valence-electron chi connectivity index (χ4n) is 2.21. The topological polar surface area (TPSA) is 56.7 Å². The average Bonchev–Trinajstić information content (AvgIpc) is 2.78. The SMILES string of the molecule is Cn1nc(-c2cccc(F)c2Cl)c(-c2cccnc2)c1N. The Morgan fingerprint density at radius 2 is 2.05 bits per heavy atom. The van der Waals surface area contributed by atoms with Crippen LogP contribution in [0.4, 0.5) is 10.2 Å². The second kappa shape index (κ2) is 5.18. The van der Waals surface area contributed by atoms with Crippen LogP contribution in [0.5, 0.6) is 0 Å². The minimum Gasteiger partial charge on any atom is -0.383 e. The van der Waals surface area contributed by atoms with Gasteiger partial charge in [-0.3, -0.25) is 9.67 Å². The first-order valence-electron chi connectivity index (χ1n) is 6.27. The Morgan fingerprint density at radius 3 is 2.76 bits per heavy atom. The summed E-state index contributed by atoms with van der Waals surface area (Å²) in [6.07, 6.45) is 3.36. The van der Waals surface area contributed by atoms with E-state index in [0.717, 1.165) is 5.56 Å². The van der Waals surface area contributed by atoms with Crippen LogP contribution in [-0.4, -0.2) is 14.8 Å². The second-order valence-electron chi connectivity index (χ2n) is 4.58. The van der Waals surface area contributed by atoms with Crippen LogP contribution >= 0.6 is 11.6 Å². The highest BCUT2D eigenvalue weighted by Crippen LogP contribution is 2.38. The van der Waals surface area contributed by atoms with E-state index in [0.29, 0.717) is 22.6 Å². The van der Waals surface area contributed by atoms with Crippen molar-refractivity contribution in [2.75, 3.05) is 5.73 Å². The van der Waals surface area contributed by atoms with Crippen LogP contribution in [0.2, 0.25) is 5.02 Å². The van der Waals surface area contributed by atoms with Gasteiger partial charge in [0.2, 0.25) is 0 Å². The molecule has 21 heavy (non-hydrogen) atoms. The summed E-state index contributed by atoms with van der Waals surface area (Å²) >= 11 is 6.07. The van der Waals surface area contributed by atoms with E-state index in [9.17, 15) is 4.39 Å². The second-order valence-corrected chi connectivity index (χ2v) is 4.95. The standard InChI is InChI=1S/C15H12ClFN4/c1-21-15(18)12(9-4-3-7-19-8-9)14(20-21)10-5-2-6-11(17)13(10)16/h2-8H,18H2,1H3. The summed E-state index contributed by atoms with van der Waals surface area (Å²) in [6.45, 7) is 0. The van der Waals surface area contributed by atoms with Crippen molar-refractivity contribution < 1.29 is 4.39 Å². The van der Waals surface area contributed by atoms with Crippen LogP contribution in [-0.2, 0) is 7.05 Å². The summed E-state index contributed by atoms with van der Waals surface area (Å²) in [5.41, 5.74) is 8.63. The zero-order valence-electron chi connectivity index (χ0n) is 11.2. The van der Waals surface area contributed by atoms with E-state index in [2.05, 4.69) is 10.1 Å². The molecule has 4 nitrogen and oxygen atoms in total. The summed E-state index contributed by atoms with van der Waals surface area (Å²) in [5, 5.41) is 4.40. The molecule has 0 amide bonds. The summed E-state index contributed by atoms with van der Waals surface area (Å²) in [4.78, 5) is 4.09. The summed E-state index contributed by atoms with van der Waals surface area (Å²) in [5.74, 6) is -0.0196. The van der Waals surface area contributed by atoms with E-state index < -0.39 is 5.82 Å². The van der Waals surface area contributed by atoms with Gasteiger partial charge in [-0.05, 0) is 12.1 Å². The first-order valence-corrected chi connectivity index (χ1v) is 6.64. The predicted octanol–water partition coefficient (Wildman–Crippen LogP) is 3.52. The minimum absolute atomic E-state index is 0.0285. The molecule has 0 aliphatic heterocycles. The van der Waals surface area contributed by atoms with Gasteiger partial charge in [-0.2, -0.15) is 5.10 Å². The number of nitrogens with two attached hydrogens (primary N) is 1. The quantitative estimate of drug-likeness (QED) is 0.788. The minimum atomic E-state index is -0.490. The Bertz CT molecular complexity index is 799. The molecule has 0 spiro atoms. The third-order valence-corrected chi connectivity index (χ3v) is 3.63. The van der Waals surface area contributed by atoms with Crippen molar-refractivity contribution in [1.82, 2.24) is 14.8 Å². The molecule has 2 heterocycles. The molecule has 2 aromatic heterocycles. The molecule has 3 rings (SSSR count). The van der Waals surface area contributed by atoms with E-state index in [1.807, 2.05) is 6.07 Å². The van der Waals surface area contributed by atoms with Crippen molar-refractivity contribution in [3.8, 4) is 22.4 Å². The smallest absolute Gasteiger partial charge is 0.142 e. The Hall–Kier alpha value is -2.40. The maximum Gasteiger partial charge on any atom is 0.142 e. The Morgan fingerprint density at radius 1 is 1.24 bits per heavy atom. The maximum absolute atomic E-state index is 13.7. The number of nitrogen functional groups attached to an aromatic ring is 1. The molecule has 0 saturated heterocycles. The molecule has 6 heteroatoms. The van der Waals surface area contributed by atoms with E-state index in [1.54, 1.807) is 42.3 Å². The number of aromatic nitrogens is 3. The summed E-state index contributed by atoms with van der Waals surface area (Å²) in [6, 6.07) is 8.29. The van der Waals surface area contributed by atoms with Crippen molar-refractivity contribution in [3.05, 3.63) is 53.6 Å². The van der Waals surface area contributed by atoms with Crippen molar-refractivity contribution >= 4 is 17.4 Å². The van der Waals surface area contributed by atoms with Gasteiger partial charge in [-0.25, -0.2) is 4.39 Å². The largest absolute Gasteiger partial charge is 0.383 e. The fraction of sp³-hybridized carbons (Fsp3) is 0.0667. The third kappa shape index (κ3) is 2.25. The molecule has 2 N–H and O–H groups in total. The Kier molecular flexibility index (Phi) is 3.35. The number of aryl methyl sites for hydroxylation is 1. The van der Waals surface area contributed by atoms with Crippen molar-refractivity contribution in [2.45, 2.75) is 0 Å². The molecule has 0 fully saturated rings. The molecule has 0 unspecified atom stereocenters. The van der Waals surface area contributed by atoms with Gasteiger partial charge in [0, 0.05) is 30.6 Å². The molecular weight excluding hydrogens is 291 g/mol. The van der Waals surface area contributed by atoms with Gasteiger partial charge in [-0.1, -0.05) is 29.8 Å². The molecule has 1 aromatic carbocycles. The van der Waals surface area contributed by atoms with Gasteiger partial charge in [0.25, 0.3) is 0 Å². The molecule has 0 atom stereocenters. The number of pyridine rings is 1. The van der Waals surface area contributed by atoms with Crippen LogP contribution in [0.1, 0.15) is 0 Å². The summed E-state index contributed by atoms with van der Waals surface area (Å²) < 4.78 is 15.2. The highest BCUT2D eigenvalue weighted by Gasteiger charge is 2.20. The third-order valence-electron chi connectivity index (χ3n) is 3.25. The Labute approximate surface area is 126 Å². The molecule has 0 aliphatic rings. The highest BCUT2D eigenvalue weighted by atomic mass is 35.5. The zero-order chi connectivity index (χ0) is 15.0. The van der Waals surface area contributed by atoms with Crippen LogP contribution in [0, 0.1) is 5.82 Å². The van der Waals surface area contributed by atoms with Gasteiger partial charge in [0.05, 0.1) is 10.6 Å². The number of hydrogen-bond acceptors (Lipinski definition) is 3. The van der Waals surface area contributed by atoms with E-state index in [4.69, 9.17) is 17.3 Å². The van der Waals surface area contributed by atoms with E-state index in [1.165, 1.54) is 6.07 Å². The van der Waals surface area contributed by atoms with Gasteiger partial charge >= 0.3 is 0 Å². The van der Waals surface area contributed by atoms with Crippen LogP contribution in [0.25, 0.3) is 22.4 Å².